The molecular weight excluding hydrogens is 349 g/mol. The Kier molecular flexibility index (Phi) is 5.28. The molecule has 0 aliphatic heterocycles. The zero-order chi connectivity index (χ0) is 15.9. The molecule has 0 heterocycles. The number of carbonyl (C=O) groups is 1. The summed E-state index contributed by atoms with van der Waals surface area (Å²) in [5.41, 5.74) is 0.582. The standard InChI is InChI=1S/C16H11BrFN3O/c17-12-5-7-13(8-6-12)21-16(22)11(9-19)10-20-15-4-2-1-3-14(15)18/h1-8,10,20H,(H,21,22)/b11-10-. The molecule has 1 amide bonds. The van der Waals surface area contributed by atoms with Crippen LogP contribution in [0, 0.1) is 17.1 Å². The van der Waals surface area contributed by atoms with Crippen LogP contribution < -0.4 is 10.6 Å². The third kappa shape index (κ3) is 4.17. The molecule has 0 bridgehead atoms. The van der Waals surface area contributed by atoms with Crippen LogP contribution in [0.25, 0.3) is 0 Å². The van der Waals surface area contributed by atoms with Crippen LogP contribution in [-0.4, -0.2) is 5.91 Å². The van der Waals surface area contributed by atoms with Crippen molar-refractivity contribution in [2.45, 2.75) is 0 Å². The number of hydrogen-bond acceptors (Lipinski definition) is 3. The van der Waals surface area contributed by atoms with Gasteiger partial charge in [0, 0.05) is 16.4 Å². The molecule has 0 spiro atoms. The van der Waals surface area contributed by atoms with Crippen LogP contribution in [0.1, 0.15) is 0 Å². The smallest absolute Gasteiger partial charge is 0.267 e. The summed E-state index contributed by atoms with van der Waals surface area (Å²) < 4.78 is 14.3. The third-order valence-electron chi connectivity index (χ3n) is 2.71. The summed E-state index contributed by atoms with van der Waals surface area (Å²) in [6.45, 7) is 0. The Bertz CT molecular complexity index is 751. The lowest BCUT2D eigenvalue weighted by Gasteiger charge is -2.06. The lowest BCUT2D eigenvalue weighted by atomic mass is 10.2. The highest BCUT2D eigenvalue weighted by Crippen LogP contribution is 2.15. The highest BCUT2D eigenvalue weighted by atomic mass is 79.9. The number of nitrogens with one attached hydrogen (secondary N) is 2. The van der Waals surface area contributed by atoms with E-state index < -0.39 is 11.7 Å². The molecule has 2 aromatic carbocycles. The number of anilines is 2. The van der Waals surface area contributed by atoms with Crippen LogP contribution in [-0.2, 0) is 4.79 Å². The van der Waals surface area contributed by atoms with E-state index in [9.17, 15) is 9.18 Å². The van der Waals surface area contributed by atoms with Crippen molar-refractivity contribution >= 4 is 33.2 Å². The summed E-state index contributed by atoms with van der Waals surface area (Å²) in [6.07, 6.45) is 1.17. The first kappa shape index (κ1) is 15.7. The van der Waals surface area contributed by atoms with Crippen LogP contribution in [0.5, 0.6) is 0 Å². The zero-order valence-electron chi connectivity index (χ0n) is 11.3. The van der Waals surface area contributed by atoms with Crippen molar-refractivity contribution in [1.82, 2.24) is 0 Å². The third-order valence-corrected chi connectivity index (χ3v) is 3.24. The van der Waals surface area contributed by atoms with Gasteiger partial charge in [-0.05, 0) is 36.4 Å². The average Bonchev–Trinajstić information content (AvgIpc) is 2.52. The van der Waals surface area contributed by atoms with Gasteiger partial charge in [-0.3, -0.25) is 4.79 Å². The first-order valence-electron chi connectivity index (χ1n) is 6.28. The van der Waals surface area contributed by atoms with Crippen molar-refractivity contribution in [3.8, 4) is 6.07 Å². The monoisotopic (exact) mass is 359 g/mol. The number of halogens is 2. The Hall–Kier alpha value is -2.65. The van der Waals surface area contributed by atoms with Crippen molar-refractivity contribution in [3.63, 3.8) is 0 Å². The van der Waals surface area contributed by atoms with Crippen molar-refractivity contribution in [3.05, 3.63) is 70.6 Å². The maximum Gasteiger partial charge on any atom is 0.267 e. The number of rotatable bonds is 4. The van der Waals surface area contributed by atoms with E-state index in [1.54, 1.807) is 42.5 Å². The molecule has 0 aliphatic carbocycles. The quantitative estimate of drug-likeness (QED) is 0.639. The number of amides is 1. The number of carbonyl (C=O) groups excluding carboxylic acids is 1. The molecule has 22 heavy (non-hydrogen) atoms. The SMILES string of the molecule is N#C/C(=C/Nc1ccccc1F)C(=O)Nc1ccc(Br)cc1. The molecule has 0 saturated heterocycles. The largest absolute Gasteiger partial charge is 0.358 e. The summed E-state index contributed by atoms with van der Waals surface area (Å²) in [6, 6.07) is 14.7. The molecule has 0 saturated carbocycles. The first-order chi connectivity index (χ1) is 10.6. The van der Waals surface area contributed by atoms with E-state index in [0.717, 1.165) is 4.47 Å². The zero-order valence-corrected chi connectivity index (χ0v) is 12.9. The van der Waals surface area contributed by atoms with Crippen LogP contribution >= 0.6 is 15.9 Å². The second kappa shape index (κ2) is 7.38. The molecule has 6 heteroatoms. The van der Waals surface area contributed by atoms with Gasteiger partial charge < -0.3 is 10.6 Å². The summed E-state index contributed by atoms with van der Waals surface area (Å²) >= 11 is 3.29. The Morgan fingerprint density at radius 2 is 1.86 bits per heavy atom. The molecule has 110 valence electrons. The highest BCUT2D eigenvalue weighted by molar-refractivity contribution is 9.10. The lowest BCUT2D eigenvalue weighted by Crippen LogP contribution is -2.14. The van der Waals surface area contributed by atoms with Gasteiger partial charge in [0.2, 0.25) is 0 Å². The number of para-hydroxylation sites is 1. The molecular formula is C16H11BrFN3O. The summed E-state index contributed by atoms with van der Waals surface area (Å²) in [4.78, 5) is 12.0. The molecule has 2 aromatic rings. The molecule has 0 aromatic heterocycles. The first-order valence-corrected chi connectivity index (χ1v) is 7.07. The van der Waals surface area contributed by atoms with Crippen molar-refractivity contribution in [1.29, 1.82) is 5.26 Å². The fourth-order valence-corrected chi connectivity index (χ4v) is 1.87. The number of hydrogen-bond donors (Lipinski definition) is 2. The Labute approximate surface area is 135 Å². The van der Waals surface area contributed by atoms with Gasteiger partial charge >= 0.3 is 0 Å². The Balaban J connectivity index is 2.09. The second-order valence-electron chi connectivity index (χ2n) is 4.26. The van der Waals surface area contributed by atoms with E-state index in [1.807, 2.05) is 0 Å². The van der Waals surface area contributed by atoms with E-state index in [2.05, 4.69) is 26.6 Å². The van der Waals surface area contributed by atoms with E-state index in [-0.39, 0.29) is 11.3 Å². The molecule has 0 atom stereocenters. The van der Waals surface area contributed by atoms with Gasteiger partial charge in [-0.25, -0.2) is 4.39 Å². The van der Waals surface area contributed by atoms with E-state index in [4.69, 9.17) is 5.26 Å². The van der Waals surface area contributed by atoms with Crippen LogP contribution in [0.4, 0.5) is 15.8 Å². The van der Waals surface area contributed by atoms with Crippen molar-refractivity contribution in [2.75, 3.05) is 10.6 Å². The number of benzene rings is 2. The molecule has 0 unspecified atom stereocenters. The van der Waals surface area contributed by atoms with E-state index in [1.165, 1.54) is 18.3 Å². The average molecular weight is 360 g/mol. The predicted molar refractivity (Wildman–Crippen MR) is 86.5 cm³/mol. The topological polar surface area (TPSA) is 64.9 Å². The maximum absolute atomic E-state index is 13.5. The lowest BCUT2D eigenvalue weighted by molar-refractivity contribution is -0.112. The van der Waals surface area contributed by atoms with E-state index in [0.29, 0.717) is 5.69 Å². The molecule has 0 aliphatic rings. The molecule has 4 nitrogen and oxygen atoms in total. The summed E-state index contributed by atoms with van der Waals surface area (Å²) in [5.74, 6) is -1.04. The Morgan fingerprint density at radius 3 is 2.50 bits per heavy atom. The second-order valence-corrected chi connectivity index (χ2v) is 5.17. The molecule has 0 radical (unpaired) electrons. The minimum absolute atomic E-state index is 0.161. The summed E-state index contributed by atoms with van der Waals surface area (Å²) in [5, 5.41) is 14.2. The fraction of sp³-hybridized carbons (Fsp3) is 0. The van der Waals surface area contributed by atoms with Gasteiger partial charge in [-0.15, -0.1) is 0 Å². The van der Waals surface area contributed by atoms with Crippen molar-refractivity contribution in [2.24, 2.45) is 0 Å². The maximum atomic E-state index is 13.5. The fourth-order valence-electron chi connectivity index (χ4n) is 1.61. The van der Waals surface area contributed by atoms with Gasteiger partial charge in [-0.1, -0.05) is 28.1 Å². The summed E-state index contributed by atoms with van der Waals surface area (Å²) in [7, 11) is 0. The van der Waals surface area contributed by atoms with Gasteiger partial charge in [0.05, 0.1) is 5.69 Å². The van der Waals surface area contributed by atoms with Gasteiger partial charge in [0.25, 0.3) is 5.91 Å². The minimum atomic E-state index is -0.575. The normalized spacial score (nSPS) is 10.7. The molecule has 2 rings (SSSR count). The van der Waals surface area contributed by atoms with Gasteiger partial charge in [0.1, 0.15) is 17.5 Å². The highest BCUT2D eigenvalue weighted by Gasteiger charge is 2.09. The van der Waals surface area contributed by atoms with Crippen LogP contribution in [0.15, 0.2) is 64.8 Å². The molecule has 2 N–H and O–H groups in total. The van der Waals surface area contributed by atoms with Crippen LogP contribution in [0.2, 0.25) is 0 Å². The van der Waals surface area contributed by atoms with Gasteiger partial charge in [-0.2, -0.15) is 5.26 Å². The van der Waals surface area contributed by atoms with Gasteiger partial charge in [0.15, 0.2) is 0 Å². The Morgan fingerprint density at radius 1 is 1.18 bits per heavy atom. The van der Waals surface area contributed by atoms with E-state index >= 15 is 0 Å². The number of nitriles is 1. The minimum Gasteiger partial charge on any atom is -0.358 e. The predicted octanol–water partition coefficient (Wildman–Crippen LogP) is 4.05. The van der Waals surface area contributed by atoms with Crippen molar-refractivity contribution < 1.29 is 9.18 Å². The molecule has 0 fully saturated rings. The number of nitrogens with zero attached hydrogens (tertiary/aromatic N) is 1. The van der Waals surface area contributed by atoms with Crippen LogP contribution in [0.3, 0.4) is 0 Å².